The summed E-state index contributed by atoms with van der Waals surface area (Å²) in [7, 11) is 0. The van der Waals surface area contributed by atoms with E-state index in [2.05, 4.69) is 5.32 Å². The van der Waals surface area contributed by atoms with Gasteiger partial charge in [-0.2, -0.15) is 13.2 Å². The molecule has 1 fully saturated rings. The summed E-state index contributed by atoms with van der Waals surface area (Å²) in [5, 5.41) is 11.7. The second kappa shape index (κ2) is 8.20. The standard InChI is InChI=1S/C18H23F5N2O3/c1-17(2,3)28-16(27)24-14-8-25(15(9-26)18(21,22)23)7-11(14)10-4-5-12(19)13(20)6-10/h4-6,11,14-15,26H,7-9H2,1-3H3,(H,24,27)/t11-,14+,15-/m0/s1. The van der Waals surface area contributed by atoms with Gasteiger partial charge in [0.1, 0.15) is 11.6 Å². The van der Waals surface area contributed by atoms with E-state index in [4.69, 9.17) is 4.74 Å². The molecule has 0 radical (unpaired) electrons. The van der Waals surface area contributed by atoms with Crippen LogP contribution in [0.25, 0.3) is 0 Å². The molecule has 1 aromatic carbocycles. The maximum absolute atomic E-state index is 13.6. The maximum Gasteiger partial charge on any atom is 0.407 e. The summed E-state index contributed by atoms with van der Waals surface area (Å²) in [5.41, 5.74) is -0.583. The van der Waals surface area contributed by atoms with Crippen molar-refractivity contribution in [1.82, 2.24) is 10.2 Å². The SMILES string of the molecule is CC(C)(C)OC(=O)N[C@@H]1CN([C@@H](CO)C(F)(F)F)C[C@H]1c1ccc(F)c(F)c1. The van der Waals surface area contributed by atoms with Crippen molar-refractivity contribution in [3.05, 3.63) is 35.4 Å². The number of aliphatic hydroxyl groups is 1. The number of aliphatic hydroxyl groups excluding tert-OH is 1. The van der Waals surface area contributed by atoms with E-state index in [0.717, 1.165) is 17.0 Å². The van der Waals surface area contributed by atoms with Gasteiger partial charge in [-0.15, -0.1) is 0 Å². The summed E-state index contributed by atoms with van der Waals surface area (Å²) >= 11 is 0. The van der Waals surface area contributed by atoms with Gasteiger partial charge >= 0.3 is 12.3 Å². The zero-order chi connectivity index (χ0) is 21.3. The van der Waals surface area contributed by atoms with Crippen molar-refractivity contribution in [3.8, 4) is 0 Å². The first-order chi connectivity index (χ1) is 12.8. The summed E-state index contributed by atoms with van der Waals surface area (Å²) in [6.07, 6.45) is -5.52. The molecule has 0 aromatic heterocycles. The molecular weight excluding hydrogens is 387 g/mol. The van der Waals surface area contributed by atoms with Crippen molar-refractivity contribution in [2.45, 2.75) is 50.6 Å². The third-order valence-electron chi connectivity index (χ3n) is 4.41. The second-order valence-corrected chi connectivity index (χ2v) is 7.73. The van der Waals surface area contributed by atoms with Crippen LogP contribution >= 0.6 is 0 Å². The van der Waals surface area contributed by atoms with E-state index in [0.29, 0.717) is 0 Å². The predicted molar refractivity (Wildman–Crippen MR) is 90.8 cm³/mol. The molecule has 0 bridgehead atoms. The molecule has 1 heterocycles. The average molecular weight is 410 g/mol. The Morgan fingerprint density at radius 1 is 1.25 bits per heavy atom. The summed E-state index contributed by atoms with van der Waals surface area (Å²) in [6, 6.07) is 0.0551. The Labute approximate surface area is 159 Å². The van der Waals surface area contributed by atoms with Crippen molar-refractivity contribution in [1.29, 1.82) is 0 Å². The number of hydrogen-bond donors (Lipinski definition) is 2. The number of alkyl halides is 3. The molecule has 1 aliphatic rings. The number of amides is 1. The Morgan fingerprint density at radius 3 is 2.39 bits per heavy atom. The topological polar surface area (TPSA) is 61.8 Å². The normalized spacial score (nSPS) is 22.2. The zero-order valence-corrected chi connectivity index (χ0v) is 15.7. The number of rotatable bonds is 4. The van der Waals surface area contributed by atoms with Gasteiger partial charge in [-0.05, 0) is 38.5 Å². The first-order valence-corrected chi connectivity index (χ1v) is 8.68. The molecule has 2 rings (SSSR count). The van der Waals surface area contributed by atoms with Gasteiger partial charge in [0.2, 0.25) is 0 Å². The van der Waals surface area contributed by atoms with Gasteiger partial charge < -0.3 is 15.2 Å². The van der Waals surface area contributed by atoms with Crippen LogP contribution in [-0.4, -0.2) is 59.7 Å². The maximum atomic E-state index is 13.6. The molecule has 1 saturated heterocycles. The molecular formula is C18H23F5N2O3. The molecule has 1 aliphatic heterocycles. The lowest BCUT2D eigenvalue weighted by molar-refractivity contribution is -0.190. The highest BCUT2D eigenvalue weighted by Crippen LogP contribution is 2.34. The smallest absolute Gasteiger partial charge is 0.407 e. The van der Waals surface area contributed by atoms with Crippen LogP contribution in [0, 0.1) is 11.6 Å². The Morgan fingerprint density at radius 2 is 1.89 bits per heavy atom. The molecule has 0 unspecified atom stereocenters. The van der Waals surface area contributed by atoms with Gasteiger partial charge in [-0.3, -0.25) is 4.90 Å². The van der Waals surface area contributed by atoms with Gasteiger partial charge in [0.25, 0.3) is 0 Å². The molecule has 3 atom stereocenters. The Hall–Kier alpha value is -1.94. The highest BCUT2D eigenvalue weighted by atomic mass is 19.4. The fourth-order valence-corrected chi connectivity index (χ4v) is 3.20. The van der Waals surface area contributed by atoms with E-state index in [1.165, 1.54) is 6.07 Å². The van der Waals surface area contributed by atoms with E-state index in [9.17, 15) is 31.9 Å². The minimum atomic E-state index is -4.69. The first-order valence-electron chi connectivity index (χ1n) is 8.68. The number of halogens is 5. The lowest BCUT2D eigenvalue weighted by atomic mass is 9.94. The third kappa shape index (κ3) is 5.54. The highest BCUT2D eigenvalue weighted by Gasteiger charge is 2.48. The zero-order valence-electron chi connectivity index (χ0n) is 15.7. The number of carbonyl (C=O) groups excluding carboxylic acids is 1. The van der Waals surface area contributed by atoms with Crippen LogP contribution in [0.15, 0.2) is 18.2 Å². The number of nitrogens with zero attached hydrogens (tertiary/aromatic N) is 1. The lowest BCUT2D eigenvalue weighted by Gasteiger charge is -2.28. The van der Waals surface area contributed by atoms with Crippen LogP contribution in [-0.2, 0) is 4.74 Å². The largest absolute Gasteiger partial charge is 0.444 e. The Balaban J connectivity index is 2.29. The van der Waals surface area contributed by atoms with Gasteiger partial charge in [0.05, 0.1) is 12.6 Å². The summed E-state index contributed by atoms with van der Waals surface area (Å²) in [6.45, 7) is 3.28. The minimum absolute atomic E-state index is 0.212. The minimum Gasteiger partial charge on any atom is -0.444 e. The van der Waals surface area contributed by atoms with Gasteiger partial charge in [-0.25, -0.2) is 13.6 Å². The van der Waals surface area contributed by atoms with Crippen LogP contribution in [0.1, 0.15) is 32.3 Å². The number of nitrogens with one attached hydrogen (secondary N) is 1. The van der Waals surface area contributed by atoms with Crippen LogP contribution in [0.5, 0.6) is 0 Å². The number of likely N-dealkylation sites (tertiary alicyclic amines) is 1. The monoisotopic (exact) mass is 410 g/mol. The molecule has 0 aliphatic carbocycles. The van der Waals surface area contributed by atoms with E-state index >= 15 is 0 Å². The molecule has 10 heteroatoms. The van der Waals surface area contributed by atoms with Crippen molar-refractivity contribution in [2.75, 3.05) is 19.7 Å². The van der Waals surface area contributed by atoms with Crippen molar-refractivity contribution in [2.24, 2.45) is 0 Å². The highest BCUT2D eigenvalue weighted by molar-refractivity contribution is 5.68. The molecule has 1 amide bonds. The number of carbonyl (C=O) groups is 1. The van der Waals surface area contributed by atoms with Crippen LogP contribution in [0.2, 0.25) is 0 Å². The number of benzene rings is 1. The van der Waals surface area contributed by atoms with E-state index in [1.807, 2.05) is 0 Å². The molecule has 158 valence electrons. The van der Waals surface area contributed by atoms with Gasteiger partial charge in [-0.1, -0.05) is 6.07 Å². The average Bonchev–Trinajstić information content (AvgIpc) is 2.90. The Kier molecular flexibility index (Phi) is 6.55. The van der Waals surface area contributed by atoms with Crippen LogP contribution < -0.4 is 5.32 Å². The van der Waals surface area contributed by atoms with Crippen molar-refractivity contribution < 1.29 is 36.6 Å². The number of alkyl carbamates (subject to hydrolysis) is 1. The second-order valence-electron chi connectivity index (χ2n) is 7.73. The predicted octanol–water partition coefficient (Wildman–Crippen LogP) is 3.18. The van der Waals surface area contributed by atoms with Crippen LogP contribution in [0.3, 0.4) is 0 Å². The summed E-state index contributed by atoms with van der Waals surface area (Å²) in [5.74, 6) is -2.97. The fourth-order valence-electron chi connectivity index (χ4n) is 3.20. The third-order valence-corrected chi connectivity index (χ3v) is 4.41. The van der Waals surface area contributed by atoms with Gasteiger partial charge in [0.15, 0.2) is 11.6 Å². The molecule has 5 nitrogen and oxygen atoms in total. The van der Waals surface area contributed by atoms with E-state index < -0.39 is 54.1 Å². The molecule has 28 heavy (non-hydrogen) atoms. The van der Waals surface area contributed by atoms with Gasteiger partial charge in [0, 0.05) is 19.0 Å². The fraction of sp³-hybridized carbons (Fsp3) is 0.611. The number of hydrogen-bond acceptors (Lipinski definition) is 4. The lowest BCUT2D eigenvalue weighted by Crippen LogP contribution is -2.48. The molecule has 0 saturated carbocycles. The Bertz CT molecular complexity index is 705. The van der Waals surface area contributed by atoms with Crippen molar-refractivity contribution >= 4 is 6.09 Å². The molecule has 1 aromatic rings. The summed E-state index contributed by atoms with van der Waals surface area (Å²) in [4.78, 5) is 13.1. The van der Waals surface area contributed by atoms with E-state index in [1.54, 1.807) is 20.8 Å². The summed E-state index contributed by atoms with van der Waals surface area (Å²) < 4.78 is 71.6. The van der Waals surface area contributed by atoms with E-state index in [-0.39, 0.29) is 18.7 Å². The molecule has 2 N–H and O–H groups in total. The van der Waals surface area contributed by atoms with Crippen molar-refractivity contribution in [3.63, 3.8) is 0 Å². The molecule has 0 spiro atoms. The number of ether oxygens (including phenoxy) is 1. The quantitative estimate of drug-likeness (QED) is 0.749. The van der Waals surface area contributed by atoms with Crippen LogP contribution in [0.4, 0.5) is 26.7 Å². The first kappa shape index (κ1) is 22.4.